The van der Waals surface area contributed by atoms with Crippen LogP contribution in [-0.2, 0) is 0 Å². The van der Waals surface area contributed by atoms with Gasteiger partial charge in [0.05, 0.1) is 9.52 Å². The molecule has 21 heavy (non-hydrogen) atoms. The highest BCUT2D eigenvalue weighted by Gasteiger charge is 2.15. The van der Waals surface area contributed by atoms with E-state index >= 15 is 0 Å². The van der Waals surface area contributed by atoms with Gasteiger partial charge in [-0.1, -0.05) is 95.7 Å². The zero-order chi connectivity index (χ0) is 14.5. The quantitative estimate of drug-likeness (QED) is 0.644. The van der Waals surface area contributed by atoms with E-state index in [9.17, 15) is 0 Å². The van der Waals surface area contributed by atoms with E-state index in [-0.39, 0.29) is 0 Å². The molecule has 0 radical (unpaired) electrons. The molecule has 1 heteroatoms. The van der Waals surface area contributed by atoms with Crippen LogP contribution < -0.4 is 5.19 Å². The Kier molecular flexibility index (Phi) is 4.32. The van der Waals surface area contributed by atoms with E-state index in [2.05, 4.69) is 91.9 Å². The van der Waals surface area contributed by atoms with Crippen molar-refractivity contribution in [3.05, 3.63) is 102 Å². The van der Waals surface area contributed by atoms with Crippen molar-refractivity contribution < 1.29 is 0 Å². The lowest BCUT2D eigenvalue weighted by atomic mass is 10.0. The monoisotopic (exact) mass is 288 g/mol. The predicted octanol–water partition coefficient (Wildman–Crippen LogP) is 3.58. The Hall–Kier alpha value is -2.12. The second-order valence-electron chi connectivity index (χ2n) is 5.50. The summed E-state index contributed by atoms with van der Waals surface area (Å²) in [7, 11) is -0.423. The summed E-state index contributed by atoms with van der Waals surface area (Å²) in [5, 5.41) is 1.57. The number of benzene rings is 3. The summed E-state index contributed by atoms with van der Waals surface area (Å²) in [6, 6.07) is 30.7. The third kappa shape index (κ3) is 3.31. The highest BCUT2D eigenvalue weighted by atomic mass is 28.2. The lowest BCUT2D eigenvalue weighted by Gasteiger charge is -2.19. The second-order valence-corrected chi connectivity index (χ2v) is 7.49. The van der Waals surface area contributed by atoms with Crippen LogP contribution >= 0.6 is 0 Å². The predicted molar refractivity (Wildman–Crippen MR) is 94.1 cm³/mol. The molecule has 104 valence electrons. The van der Waals surface area contributed by atoms with E-state index in [1.807, 2.05) is 0 Å². The summed E-state index contributed by atoms with van der Waals surface area (Å²) in [5.41, 5.74) is 4.87. The fourth-order valence-corrected chi connectivity index (χ4v) is 5.03. The van der Waals surface area contributed by atoms with Crippen molar-refractivity contribution in [2.45, 2.75) is 12.5 Å². The molecule has 0 fully saturated rings. The van der Waals surface area contributed by atoms with Crippen molar-refractivity contribution in [3.63, 3.8) is 0 Å². The van der Waals surface area contributed by atoms with Gasteiger partial charge in [0.15, 0.2) is 0 Å². The maximum absolute atomic E-state index is 2.31. The molecule has 3 aromatic carbocycles. The van der Waals surface area contributed by atoms with Crippen LogP contribution in [0.2, 0.25) is 0 Å². The zero-order valence-electron chi connectivity index (χ0n) is 12.4. The molecular weight excluding hydrogens is 268 g/mol. The minimum Gasteiger partial charge on any atom is -0.0634 e. The summed E-state index contributed by atoms with van der Waals surface area (Å²) in [6.45, 7) is 2.23. The third-order valence-corrected chi connectivity index (χ3v) is 6.67. The highest BCUT2D eigenvalue weighted by Crippen LogP contribution is 2.23. The van der Waals surface area contributed by atoms with Gasteiger partial charge in [0.25, 0.3) is 0 Å². The van der Waals surface area contributed by atoms with Gasteiger partial charge in [0.2, 0.25) is 0 Å². The first-order chi connectivity index (χ1) is 10.3. The average molecular weight is 288 g/mol. The molecule has 3 rings (SSSR count). The van der Waals surface area contributed by atoms with Gasteiger partial charge in [-0.05, 0) is 18.1 Å². The fraction of sp³-hybridized carbons (Fsp3) is 0.100. The molecular formula is C20H20Si. The average Bonchev–Trinajstić information content (AvgIpc) is 2.56. The Balaban J connectivity index is 1.99. The fourth-order valence-electron chi connectivity index (χ4n) is 2.86. The van der Waals surface area contributed by atoms with Crippen LogP contribution in [0.3, 0.4) is 0 Å². The molecule has 0 heterocycles. The molecule has 0 aromatic heterocycles. The minimum atomic E-state index is -0.423. The van der Waals surface area contributed by atoms with Crippen molar-refractivity contribution in [1.29, 1.82) is 0 Å². The summed E-state index contributed by atoms with van der Waals surface area (Å²) in [4.78, 5) is 0. The molecule has 0 saturated carbocycles. The molecule has 0 aliphatic heterocycles. The Morgan fingerprint density at radius 3 is 1.62 bits per heavy atom. The smallest absolute Gasteiger partial charge is 0.0634 e. The maximum Gasteiger partial charge on any atom is 0.0682 e. The number of hydrogen-bond acceptors (Lipinski definition) is 0. The molecule has 0 N–H and O–H groups in total. The Bertz CT molecular complexity index is 650. The topological polar surface area (TPSA) is 0 Å². The van der Waals surface area contributed by atoms with Crippen molar-refractivity contribution in [1.82, 2.24) is 0 Å². The van der Waals surface area contributed by atoms with E-state index < -0.39 is 9.52 Å². The number of aryl methyl sites for hydroxylation is 1. The molecule has 0 saturated heterocycles. The first kappa shape index (κ1) is 13.8. The molecule has 0 spiro atoms. The van der Waals surface area contributed by atoms with E-state index in [0.29, 0.717) is 5.54 Å². The van der Waals surface area contributed by atoms with Crippen LogP contribution in [-0.4, -0.2) is 9.52 Å². The van der Waals surface area contributed by atoms with Crippen molar-refractivity contribution in [3.8, 4) is 0 Å². The first-order valence-electron chi connectivity index (χ1n) is 7.49. The third-order valence-electron chi connectivity index (χ3n) is 4.09. The Morgan fingerprint density at radius 1 is 0.619 bits per heavy atom. The van der Waals surface area contributed by atoms with Crippen molar-refractivity contribution in [2.24, 2.45) is 0 Å². The van der Waals surface area contributed by atoms with Gasteiger partial charge < -0.3 is 0 Å². The van der Waals surface area contributed by atoms with Crippen LogP contribution in [0, 0.1) is 6.92 Å². The standard InChI is InChI=1S/C20H20Si/c1-16-10-8-9-15-19(16)21-20(17-11-4-2-5-12-17)18-13-6-3-7-14-18/h2-15,20H,21H2,1H3. The van der Waals surface area contributed by atoms with Crippen molar-refractivity contribution in [2.75, 3.05) is 0 Å². The highest BCUT2D eigenvalue weighted by molar-refractivity contribution is 6.56. The number of rotatable bonds is 4. The van der Waals surface area contributed by atoms with Crippen LogP contribution in [0.25, 0.3) is 0 Å². The normalized spacial score (nSPS) is 11.3. The van der Waals surface area contributed by atoms with E-state index in [4.69, 9.17) is 0 Å². The summed E-state index contributed by atoms with van der Waals surface area (Å²) in [5.74, 6) is 0. The zero-order valence-corrected chi connectivity index (χ0v) is 13.8. The summed E-state index contributed by atoms with van der Waals surface area (Å²) < 4.78 is 0. The van der Waals surface area contributed by atoms with Crippen LogP contribution in [0.4, 0.5) is 0 Å². The van der Waals surface area contributed by atoms with Crippen LogP contribution in [0.1, 0.15) is 22.2 Å². The Labute approximate surface area is 129 Å². The molecule has 0 amide bonds. The van der Waals surface area contributed by atoms with Gasteiger partial charge >= 0.3 is 0 Å². The second kappa shape index (κ2) is 6.55. The largest absolute Gasteiger partial charge is 0.0682 e. The lowest BCUT2D eigenvalue weighted by molar-refractivity contribution is 1.13. The molecule has 0 nitrogen and oxygen atoms in total. The minimum absolute atomic E-state index is 0.423. The van der Waals surface area contributed by atoms with E-state index in [0.717, 1.165) is 0 Å². The SMILES string of the molecule is Cc1ccccc1[SiH2]C(c1ccccc1)c1ccccc1. The molecule has 0 atom stereocenters. The summed E-state index contributed by atoms with van der Waals surface area (Å²) in [6.07, 6.45) is 0. The maximum atomic E-state index is 2.31. The van der Waals surface area contributed by atoms with Gasteiger partial charge in [-0.3, -0.25) is 0 Å². The van der Waals surface area contributed by atoms with Crippen LogP contribution in [0.15, 0.2) is 84.9 Å². The van der Waals surface area contributed by atoms with E-state index in [1.54, 1.807) is 5.19 Å². The van der Waals surface area contributed by atoms with Gasteiger partial charge in [0, 0.05) is 5.54 Å². The molecule has 0 bridgehead atoms. The van der Waals surface area contributed by atoms with Crippen molar-refractivity contribution >= 4 is 14.7 Å². The summed E-state index contributed by atoms with van der Waals surface area (Å²) >= 11 is 0. The van der Waals surface area contributed by atoms with Gasteiger partial charge in [-0.25, -0.2) is 0 Å². The number of hydrogen-bond donors (Lipinski definition) is 0. The molecule has 0 aliphatic carbocycles. The molecule has 0 aliphatic rings. The first-order valence-corrected chi connectivity index (χ1v) is 9.01. The lowest BCUT2D eigenvalue weighted by Crippen LogP contribution is -2.25. The van der Waals surface area contributed by atoms with E-state index in [1.165, 1.54) is 16.7 Å². The Morgan fingerprint density at radius 2 is 1.10 bits per heavy atom. The molecule has 0 unspecified atom stereocenters. The molecule has 3 aromatic rings. The van der Waals surface area contributed by atoms with Gasteiger partial charge in [-0.2, -0.15) is 0 Å². The van der Waals surface area contributed by atoms with Gasteiger partial charge in [0.1, 0.15) is 0 Å². The van der Waals surface area contributed by atoms with Gasteiger partial charge in [-0.15, -0.1) is 0 Å². The van der Waals surface area contributed by atoms with Crippen LogP contribution in [0.5, 0.6) is 0 Å².